The minimum absolute atomic E-state index is 0.0612. The highest BCUT2D eigenvalue weighted by Crippen LogP contribution is 2.38. The van der Waals surface area contributed by atoms with Gasteiger partial charge in [-0.15, -0.1) is 0 Å². The molecule has 2 aromatic rings. The van der Waals surface area contributed by atoms with E-state index >= 15 is 0 Å². The second kappa shape index (κ2) is 12.0. The average molecular weight is 530 g/mol. The molecule has 1 aromatic heterocycles. The molecule has 2 aliphatic heterocycles. The van der Waals surface area contributed by atoms with Crippen LogP contribution in [0.5, 0.6) is 0 Å². The van der Waals surface area contributed by atoms with Gasteiger partial charge in [0.05, 0.1) is 17.4 Å². The predicted octanol–water partition coefficient (Wildman–Crippen LogP) is 6.04. The summed E-state index contributed by atoms with van der Waals surface area (Å²) in [5.41, 5.74) is 5.15. The first kappa shape index (κ1) is 26.9. The number of urea groups is 1. The molecule has 3 heterocycles. The Morgan fingerprint density at radius 2 is 1.85 bits per heavy atom. The number of fused-ring (bicyclic) bond motifs is 4. The van der Waals surface area contributed by atoms with Crippen LogP contribution < -0.4 is 16.0 Å². The number of amides is 4. The summed E-state index contributed by atoms with van der Waals surface area (Å²) >= 11 is 0. The van der Waals surface area contributed by atoms with Crippen molar-refractivity contribution >= 4 is 29.2 Å². The fourth-order valence-electron chi connectivity index (χ4n) is 6.21. The number of nitrogens with zero attached hydrogens (tertiary/aromatic N) is 2. The van der Waals surface area contributed by atoms with Crippen molar-refractivity contribution in [3.63, 3.8) is 0 Å². The summed E-state index contributed by atoms with van der Waals surface area (Å²) < 4.78 is 0. The topological polar surface area (TPSA) is 103 Å². The number of nitrogens with one attached hydrogen (secondary N) is 3. The minimum Gasteiger partial charge on any atom is -0.341 e. The molecule has 3 aliphatic rings. The van der Waals surface area contributed by atoms with Crippen LogP contribution >= 0.6 is 0 Å². The molecule has 0 radical (unpaired) electrons. The summed E-state index contributed by atoms with van der Waals surface area (Å²) in [5.74, 6) is 0.381. The molecule has 39 heavy (non-hydrogen) atoms. The van der Waals surface area contributed by atoms with Gasteiger partial charge in [0.2, 0.25) is 11.8 Å². The number of rotatable bonds is 3. The molecule has 2 atom stereocenters. The highest BCUT2D eigenvalue weighted by atomic mass is 16.2. The number of benzene rings is 1. The zero-order valence-corrected chi connectivity index (χ0v) is 23.0. The molecule has 206 valence electrons. The van der Waals surface area contributed by atoms with Gasteiger partial charge < -0.3 is 20.9 Å². The van der Waals surface area contributed by atoms with Gasteiger partial charge in [-0.1, -0.05) is 44.2 Å². The first-order valence-corrected chi connectivity index (χ1v) is 14.3. The number of anilines is 2. The lowest BCUT2D eigenvalue weighted by Gasteiger charge is -2.36. The van der Waals surface area contributed by atoms with E-state index < -0.39 is 0 Å². The number of carbonyl (C=O) groups excluding carboxylic acids is 3. The fourth-order valence-corrected chi connectivity index (χ4v) is 6.21. The molecule has 0 unspecified atom stereocenters. The van der Waals surface area contributed by atoms with Gasteiger partial charge in [0.15, 0.2) is 0 Å². The molecule has 0 saturated heterocycles. The predicted molar refractivity (Wildman–Crippen MR) is 153 cm³/mol. The van der Waals surface area contributed by atoms with Crippen LogP contribution in [0.4, 0.5) is 16.2 Å². The summed E-state index contributed by atoms with van der Waals surface area (Å²) in [6, 6.07) is 8.99. The van der Waals surface area contributed by atoms with Gasteiger partial charge in [-0.25, -0.2) is 4.79 Å². The molecular weight excluding hydrogens is 490 g/mol. The quantitative estimate of drug-likeness (QED) is 0.451. The van der Waals surface area contributed by atoms with Gasteiger partial charge in [0.25, 0.3) is 0 Å². The molecule has 4 amide bonds. The van der Waals surface area contributed by atoms with Crippen LogP contribution in [0, 0.1) is 11.8 Å². The Balaban J connectivity index is 1.48. The van der Waals surface area contributed by atoms with E-state index in [1.54, 1.807) is 19.3 Å². The first-order chi connectivity index (χ1) is 18.9. The third kappa shape index (κ3) is 6.15. The number of pyridine rings is 1. The maximum atomic E-state index is 13.5. The Labute approximate surface area is 230 Å². The Morgan fingerprint density at radius 1 is 1.03 bits per heavy atom. The van der Waals surface area contributed by atoms with E-state index in [0.29, 0.717) is 30.3 Å². The summed E-state index contributed by atoms with van der Waals surface area (Å²) in [7, 11) is 1.56. The highest BCUT2D eigenvalue weighted by molar-refractivity contribution is 5.99. The lowest BCUT2D eigenvalue weighted by molar-refractivity contribution is -0.129. The molecule has 1 fully saturated rings. The Morgan fingerprint density at radius 3 is 2.62 bits per heavy atom. The number of carbonyl (C=O) groups is 3. The number of hydrogen-bond acceptors (Lipinski definition) is 4. The van der Waals surface area contributed by atoms with Crippen LogP contribution in [-0.4, -0.2) is 41.3 Å². The van der Waals surface area contributed by atoms with E-state index in [-0.39, 0.29) is 29.8 Å². The lowest BCUT2D eigenvalue weighted by atomic mass is 9.81. The van der Waals surface area contributed by atoms with E-state index in [9.17, 15) is 14.4 Å². The normalized spacial score (nSPS) is 22.5. The minimum atomic E-state index is -0.330. The van der Waals surface area contributed by atoms with Crippen molar-refractivity contribution in [1.29, 1.82) is 0 Å². The Bertz CT molecular complexity index is 1270. The Hall–Kier alpha value is -3.68. The molecule has 0 spiro atoms. The van der Waals surface area contributed by atoms with Crippen LogP contribution in [0.25, 0.3) is 11.1 Å². The van der Waals surface area contributed by atoms with Crippen molar-refractivity contribution in [2.24, 2.45) is 11.8 Å². The van der Waals surface area contributed by atoms with E-state index in [1.807, 2.05) is 42.2 Å². The van der Waals surface area contributed by atoms with E-state index in [4.69, 9.17) is 4.98 Å². The van der Waals surface area contributed by atoms with Crippen LogP contribution in [0.2, 0.25) is 0 Å². The molecule has 5 rings (SSSR count). The molecule has 8 heteroatoms. The number of hydrogen-bond donors (Lipinski definition) is 3. The summed E-state index contributed by atoms with van der Waals surface area (Å²) in [6.07, 6.45) is 13.1. The molecule has 8 nitrogen and oxygen atoms in total. The van der Waals surface area contributed by atoms with Crippen LogP contribution in [0.3, 0.4) is 0 Å². The fraction of sp³-hybridized carbons (Fsp3) is 0.484. The zero-order chi connectivity index (χ0) is 27.4. The van der Waals surface area contributed by atoms with Crippen molar-refractivity contribution in [1.82, 2.24) is 15.2 Å². The smallest absolute Gasteiger partial charge is 0.318 e. The molecule has 1 aromatic carbocycles. The molecule has 1 saturated carbocycles. The van der Waals surface area contributed by atoms with Crippen LogP contribution in [0.15, 0.2) is 48.2 Å². The third-order valence-corrected chi connectivity index (χ3v) is 8.50. The van der Waals surface area contributed by atoms with Gasteiger partial charge in [-0.05, 0) is 67.9 Å². The van der Waals surface area contributed by atoms with Crippen LogP contribution in [-0.2, 0) is 9.59 Å². The SMILES string of the molecule is CNC(=O)Nc1ccc2c(c1)NC(=O)[C@H](C)CCC[C@H](N1CCC(C3CCCCC3)=CC1=O)c1cc-2ccn1. The summed E-state index contributed by atoms with van der Waals surface area (Å²) in [4.78, 5) is 45.3. The summed E-state index contributed by atoms with van der Waals surface area (Å²) in [5, 5.41) is 8.41. The summed E-state index contributed by atoms with van der Waals surface area (Å²) in [6.45, 7) is 2.64. The van der Waals surface area contributed by atoms with Crippen molar-refractivity contribution in [3.8, 4) is 11.1 Å². The van der Waals surface area contributed by atoms with Crippen LogP contribution in [0.1, 0.15) is 76.4 Å². The highest BCUT2D eigenvalue weighted by Gasteiger charge is 2.31. The second-order valence-electron chi connectivity index (χ2n) is 11.1. The van der Waals surface area contributed by atoms with E-state index in [1.165, 1.54) is 37.7 Å². The van der Waals surface area contributed by atoms with Crippen molar-refractivity contribution < 1.29 is 14.4 Å². The molecular formula is C31H39N5O3. The first-order valence-electron chi connectivity index (χ1n) is 14.3. The maximum Gasteiger partial charge on any atom is 0.318 e. The molecule has 2 bridgehead atoms. The zero-order valence-electron chi connectivity index (χ0n) is 23.0. The van der Waals surface area contributed by atoms with Crippen molar-refractivity contribution in [3.05, 3.63) is 53.9 Å². The second-order valence-corrected chi connectivity index (χ2v) is 11.1. The molecule has 1 aliphatic carbocycles. The van der Waals surface area contributed by atoms with Crippen molar-refractivity contribution in [2.45, 2.75) is 70.8 Å². The van der Waals surface area contributed by atoms with E-state index in [2.05, 4.69) is 16.0 Å². The van der Waals surface area contributed by atoms with Gasteiger partial charge in [-0.2, -0.15) is 0 Å². The van der Waals surface area contributed by atoms with Crippen molar-refractivity contribution in [2.75, 3.05) is 24.2 Å². The number of aromatic nitrogens is 1. The maximum absolute atomic E-state index is 13.5. The average Bonchev–Trinajstić information content (AvgIpc) is 2.95. The standard InChI is InChI=1S/C31H39N5O3/c1-20-7-6-10-28(36-16-14-22(18-29(36)37)21-8-4-3-5-9-21)27-17-23(13-15-33-27)25-12-11-24(34-31(39)32-2)19-26(25)35-30(20)38/h11-13,15,17-21,28H,3-10,14,16H2,1-2H3,(H,35,38)(H2,32,34,39)/t20-,28+/m1/s1. The largest absolute Gasteiger partial charge is 0.341 e. The Kier molecular flexibility index (Phi) is 8.29. The van der Waals surface area contributed by atoms with Gasteiger partial charge >= 0.3 is 6.03 Å². The van der Waals surface area contributed by atoms with Gasteiger partial charge in [0.1, 0.15) is 0 Å². The van der Waals surface area contributed by atoms with E-state index in [0.717, 1.165) is 36.1 Å². The lowest BCUT2D eigenvalue weighted by Crippen LogP contribution is -2.39. The molecule has 3 N–H and O–H groups in total. The monoisotopic (exact) mass is 529 g/mol. The van der Waals surface area contributed by atoms with Gasteiger partial charge in [0, 0.05) is 43.0 Å². The third-order valence-electron chi connectivity index (χ3n) is 8.50. The van der Waals surface area contributed by atoms with Gasteiger partial charge in [-0.3, -0.25) is 14.6 Å².